The molecule has 0 saturated carbocycles. The minimum Gasteiger partial charge on any atom is -0.493 e. The van der Waals surface area contributed by atoms with E-state index in [1.54, 1.807) is 6.07 Å². The first-order chi connectivity index (χ1) is 20.6. The minimum absolute atomic E-state index is 0.0567. The summed E-state index contributed by atoms with van der Waals surface area (Å²) in [5, 5.41) is 4.08. The molecule has 0 radical (unpaired) electrons. The van der Waals surface area contributed by atoms with Crippen molar-refractivity contribution in [3.63, 3.8) is 0 Å². The van der Waals surface area contributed by atoms with Crippen molar-refractivity contribution in [1.82, 2.24) is 4.90 Å². The maximum Gasteiger partial charge on any atom is 0.339 e. The molecule has 10 nitrogen and oxygen atoms in total. The van der Waals surface area contributed by atoms with E-state index in [2.05, 4.69) is 5.32 Å². The molecule has 1 fully saturated rings. The molecule has 0 spiro atoms. The molecule has 4 aromatic rings. The molecule has 1 aliphatic heterocycles. The van der Waals surface area contributed by atoms with Gasteiger partial charge in [-0.1, -0.05) is 42.5 Å². The molecule has 0 aromatic heterocycles. The number of ether oxygens (including phenoxy) is 2. The van der Waals surface area contributed by atoms with Gasteiger partial charge < -0.3 is 19.0 Å². The number of nitrogens with one attached hydrogen (secondary N) is 1. The number of methoxy groups -OCH3 is 1. The van der Waals surface area contributed by atoms with Crippen molar-refractivity contribution >= 4 is 61.5 Å². The number of hydrogen-bond acceptors (Lipinski definition) is 9. The zero-order chi connectivity index (χ0) is 30.6. The molecule has 5 rings (SSSR count). The third-order valence-corrected chi connectivity index (χ3v) is 8.50. The number of imide groups is 1. The molecule has 12 heteroatoms. The first-order valence-electron chi connectivity index (χ1n) is 13.0. The summed E-state index contributed by atoms with van der Waals surface area (Å²) in [4.78, 5) is 38.1. The fourth-order valence-electron chi connectivity index (χ4n) is 4.34. The molecule has 3 amide bonds. The summed E-state index contributed by atoms with van der Waals surface area (Å²) in [5.41, 5.74) is 0.851. The molecule has 1 saturated heterocycles. The number of anilines is 1. The van der Waals surface area contributed by atoms with Crippen molar-refractivity contribution in [2.24, 2.45) is 0 Å². The number of nitrogens with zero attached hydrogens (tertiary/aromatic N) is 1. The van der Waals surface area contributed by atoms with E-state index in [1.807, 2.05) is 42.5 Å². The third kappa shape index (κ3) is 6.82. The lowest BCUT2D eigenvalue weighted by molar-refractivity contribution is -0.123. The molecule has 0 aliphatic carbocycles. The van der Waals surface area contributed by atoms with Gasteiger partial charge in [0.1, 0.15) is 17.3 Å². The van der Waals surface area contributed by atoms with Crippen LogP contribution in [0.5, 0.6) is 17.2 Å². The van der Waals surface area contributed by atoms with Crippen LogP contribution in [-0.2, 0) is 19.7 Å². The van der Waals surface area contributed by atoms with Gasteiger partial charge in [0.15, 0.2) is 11.5 Å². The lowest BCUT2D eigenvalue weighted by Crippen LogP contribution is -2.32. The molecular weight excluding hydrogens is 592 g/mol. The maximum atomic E-state index is 13.1. The Hall–Kier alpha value is -4.81. The number of thioether (sulfide) groups is 1. The zero-order valence-corrected chi connectivity index (χ0v) is 24.7. The van der Waals surface area contributed by atoms with Crippen LogP contribution in [0, 0.1) is 0 Å². The topological polar surface area (TPSA) is 128 Å². The Morgan fingerprint density at radius 1 is 0.930 bits per heavy atom. The van der Waals surface area contributed by atoms with Crippen LogP contribution in [0.25, 0.3) is 16.8 Å². The molecule has 4 aromatic carbocycles. The maximum absolute atomic E-state index is 13.1. The van der Waals surface area contributed by atoms with Crippen LogP contribution in [0.4, 0.5) is 10.5 Å². The van der Waals surface area contributed by atoms with Crippen LogP contribution in [0.3, 0.4) is 0 Å². The fourth-order valence-corrected chi connectivity index (χ4v) is 6.13. The van der Waals surface area contributed by atoms with Gasteiger partial charge in [0.25, 0.3) is 11.1 Å². The number of carbonyl (C=O) groups excluding carboxylic acids is 3. The third-order valence-electron chi connectivity index (χ3n) is 6.34. The Labute approximate surface area is 252 Å². The molecule has 1 aliphatic rings. The van der Waals surface area contributed by atoms with Crippen molar-refractivity contribution in [3.05, 3.63) is 95.4 Å². The van der Waals surface area contributed by atoms with Crippen LogP contribution in [0.15, 0.2) is 94.7 Å². The van der Waals surface area contributed by atoms with Crippen LogP contribution in [-0.4, -0.2) is 50.6 Å². The van der Waals surface area contributed by atoms with Crippen LogP contribution < -0.4 is 19.0 Å². The number of benzene rings is 4. The normalized spacial score (nSPS) is 14.3. The number of carbonyl (C=O) groups is 3. The van der Waals surface area contributed by atoms with Gasteiger partial charge in [-0.15, -0.1) is 0 Å². The Morgan fingerprint density at radius 3 is 2.42 bits per heavy atom. The Morgan fingerprint density at radius 2 is 1.67 bits per heavy atom. The summed E-state index contributed by atoms with van der Waals surface area (Å²) in [7, 11) is -2.91. The van der Waals surface area contributed by atoms with Crippen molar-refractivity contribution in [2.75, 3.05) is 25.6 Å². The van der Waals surface area contributed by atoms with Crippen molar-refractivity contribution in [2.45, 2.75) is 11.8 Å². The first kappa shape index (κ1) is 29.7. The highest BCUT2D eigenvalue weighted by atomic mass is 32.2. The minimum atomic E-state index is -4.27. The fraction of sp³-hybridized carbons (Fsp3) is 0.129. The van der Waals surface area contributed by atoms with E-state index in [4.69, 9.17) is 13.7 Å². The smallest absolute Gasteiger partial charge is 0.339 e. The number of hydrogen-bond donors (Lipinski definition) is 1. The lowest BCUT2D eigenvalue weighted by atomic mass is 10.1. The Balaban J connectivity index is 1.29. The summed E-state index contributed by atoms with van der Waals surface area (Å²) < 4.78 is 42.5. The SMILES string of the molecule is COc1ccc(/C=C2\SC(=O)N(CCOc3cccc4ccccc34)C2=O)cc1OS(=O)(=O)c1ccc(NC(C)=O)cc1. The Kier molecular flexibility index (Phi) is 8.69. The van der Waals surface area contributed by atoms with Crippen molar-refractivity contribution in [3.8, 4) is 17.2 Å². The van der Waals surface area contributed by atoms with Gasteiger partial charge >= 0.3 is 10.1 Å². The van der Waals surface area contributed by atoms with E-state index >= 15 is 0 Å². The van der Waals surface area contributed by atoms with Gasteiger partial charge in [-0.05, 0) is 71.3 Å². The lowest BCUT2D eigenvalue weighted by Gasteiger charge is -2.14. The largest absolute Gasteiger partial charge is 0.493 e. The molecule has 0 atom stereocenters. The average molecular weight is 619 g/mol. The predicted molar refractivity (Wildman–Crippen MR) is 164 cm³/mol. The zero-order valence-electron chi connectivity index (χ0n) is 23.1. The molecule has 0 unspecified atom stereocenters. The van der Waals surface area contributed by atoms with E-state index in [-0.39, 0.29) is 40.4 Å². The first-order valence-corrected chi connectivity index (χ1v) is 15.2. The van der Waals surface area contributed by atoms with E-state index < -0.39 is 21.3 Å². The molecule has 0 bridgehead atoms. The van der Waals surface area contributed by atoms with Crippen LogP contribution in [0.1, 0.15) is 12.5 Å². The molecule has 1 N–H and O–H groups in total. The molecule has 1 heterocycles. The van der Waals surface area contributed by atoms with Crippen molar-refractivity contribution in [1.29, 1.82) is 0 Å². The van der Waals surface area contributed by atoms with Gasteiger partial charge in [-0.25, -0.2) is 0 Å². The second kappa shape index (κ2) is 12.6. The highest BCUT2D eigenvalue weighted by Gasteiger charge is 2.35. The Bertz CT molecular complexity index is 1850. The average Bonchev–Trinajstić information content (AvgIpc) is 3.24. The highest BCUT2D eigenvalue weighted by Crippen LogP contribution is 2.36. The summed E-state index contributed by atoms with van der Waals surface area (Å²) in [6.45, 7) is 1.51. The van der Waals surface area contributed by atoms with Crippen molar-refractivity contribution < 1.29 is 36.5 Å². The number of rotatable bonds is 10. The second-order valence-corrected chi connectivity index (χ2v) is 11.9. The van der Waals surface area contributed by atoms with Gasteiger partial charge in [-0.2, -0.15) is 8.42 Å². The molecule has 43 heavy (non-hydrogen) atoms. The van der Waals surface area contributed by atoms with Crippen LogP contribution >= 0.6 is 11.8 Å². The van der Waals surface area contributed by atoms with Gasteiger partial charge in [0.05, 0.1) is 18.6 Å². The van der Waals surface area contributed by atoms with E-state index in [0.29, 0.717) is 17.0 Å². The second-order valence-electron chi connectivity index (χ2n) is 9.31. The quantitative estimate of drug-likeness (QED) is 0.176. The summed E-state index contributed by atoms with van der Waals surface area (Å²) in [6.07, 6.45) is 1.48. The monoisotopic (exact) mass is 618 g/mol. The summed E-state index contributed by atoms with van der Waals surface area (Å²) >= 11 is 0.779. The van der Waals surface area contributed by atoms with E-state index in [1.165, 1.54) is 56.5 Å². The summed E-state index contributed by atoms with van der Waals surface area (Å²) in [5.74, 6) is -0.0774. The molecular formula is C31H26N2O8S2. The standard InChI is InChI=1S/C31H26N2O8S2/c1-20(34)32-23-11-13-24(14-12-23)43(37,38)41-28-18-21(10-15-27(28)39-2)19-29-30(35)33(31(36)42-29)16-17-40-26-9-5-7-22-6-3-4-8-25(22)26/h3-15,18-19H,16-17H2,1-2H3,(H,32,34)/b29-19-. The van der Waals surface area contributed by atoms with Gasteiger partial charge in [0, 0.05) is 18.0 Å². The van der Waals surface area contributed by atoms with Gasteiger partial charge in [0.2, 0.25) is 5.91 Å². The van der Waals surface area contributed by atoms with Gasteiger partial charge in [-0.3, -0.25) is 19.3 Å². The highest BCUT2D eigenvalue weighted by molar-refractivity contribution is 8.18. The molecule has 220 valence electrons. The van der Waals surface area contributed by atoms with E-state index in [0.717, 1.165) is 27.4 Å². The summed E-state index contributed by atoms with van der Waals surface area (Å²) in [6, 6.07) is 23.4. The number of fused-ring (bicyclic) bond motifs is 1. The van der Waals surface area contributed by atoms with Crippen LogP contribution in [0.2, 0.25) is 0 Å². The predicted octanol–water partition coefficient (Wildman–Crippen LogP) is 5.69. The van der Waals surface area contributed by atoms with E-state index in [9.17, 15) is 22.8 Å². The number of amides is 3.